The van der Waals surface area contributed by atoms with Gasteiger partial charge >= 0.3 is 11.7 Å². The molecular formula is C29H26N3O3+. The minimum Gasteiger partial charge on any atom is -0.508 e. The van der Waals surface area contributed by atoms with Gasteiger partial charge in [0, 0.05) is 25.7 Å². The van der Waals surface area contributed by atoms with Gasteiger partial charge in [0.2, 0.25) is 0 Å². The molecule has 0 radical (unpaired) electrons. The second-order valence-corrected chi connectivity index (χ2v) is 9.64. The molecule has 0 spiro atoms. The van der Waals surface area contributed by atoms with Crippen molar-refractivity contribution >= 4 is 28.5 Å². The largest absolute Gasteiger partial charge is 0.508 e. The number of anilines is 1. The van der Waals surface area contributed by atoms with E-state index < -0.39 is 6.04 Å². The quantitative estimate of drug-likeness (QED) is 0.444. The number of rotatable bonds is 4. The van der Waals surface area contributed by atoms with Crippen LogP contribution in [0.4, 0.5) is 5.82 Å². The molecule has 1 aromatic heterocycles. The van der Waals surface area contributed by atoms with Crippen LogP contribution in [0.2, 0.25) is 0 Å². The number of hydrogen-bond acceptors (Lipinski definition) is 5. The van der Waals surface area contributed by atoms with E-state index in [4.69, 9.17) is 4.98 Å². The number of benzene rings is 3. The summed E-state index contributed by atoms with van der Waals surface area (Å²) in [4.78, 5) is 31.1. The van der Waals surface area contributed by atoms with Crippen LogP contribution in [0.15, 0.2) is 66.7 Å². The summed E-state index contributed by atoms with van der Waals surface area (Å²) >= 11 is 0. The lowest BCUT2D eigenvalue weighted by atomic mass is 9.82. The molecule has 0 saturated heterocycles. The van der Waals surface area contributed by atoms with Crippen LogP contribution in [0.5, 0.6) is 5.75 Å². The van der Waals surface area contributed by atoms with Crippen LogP contribution in [0, 0.1) is 0 Å². The van der Waals surface area contributed by atoms with Gasteiger partial charge in [0.1, 0.15) is 22.7 Å². The van der Waals surface area contributed by atoms with Crippen molar-refractivity contribution in [3.63, 3.8) is 0 Å². The van der Waals surface area contributed by atoms with E-state index in [0.29, 0.717) is 25.7 Å². The minimum atomic E-state index is -0.434. The first kappa shape index (κ1) is 21.5. The first-order valence-electron chi connectivity index (χ1n) is 12.0. The fourth-order valence-electron chi connectivity index (χ4n) is 5.48. The second-order valence-electron chi connectivity index (χ2n) is 9.64. The molecule has 35 heavy (non-hydrogen) atoms. The summed E-state index contributed by atoms with van der Waals surface area (Å²) in [6, 6.07) is 20.6. The average molecular weight is 465 g/mol. The molecule has 6 nitrogen and oxygen atoms in total. The molecule has 0 bridgehead atoms. The van der Waals surface area contributed by atoms with Gasteiger partial charge in [-0.3, -0.25) is 10.1 Å². The zero-order chi connectivity index (χ0) is 24.1. The normalized spacial score (nSPS) is 18.9. The third-order valence-electron chi connectivity index (χ3n) is 7.10. The number of phenols is 1. The predicted molar refractivity (Wildman–Crippen MR) is 133 cm³/mol. The van der Waals surface area contributed by atoms with Crippen LogP contribution in [0.1, 0.15) is 52.0 Å². The van der Waals surface area contributed by atoms with Crippen LogP contribution in [0.25, 0.3) is 11.0 Å². The highest BCUT2D eigenvalue weighted by atomic mass is 16.3. The molecule has 2 unspecified atom stereocenters. The molecule has 0 amide bonds. The minimum absolute atomic E-state index is 0.0192. The van der Waals surface area contributed by atoms with E-state index in [2.05, 4.69) is 24.4 Å². The van der Waals surface area contributed by atoms with Crippen LogP contribution in [0.3, 0.4) is 0 Å². The van der Waals surface area contributed by atoms with Gasteiger partial charge in [-0.25, -0.2) is 9.78 Å². The van der Waals surface area contributed by atoms with Crippen molar-refractivity contribution < 1.29 is 19.3 Å². The number of nitrogens with one attached hydrogen (secondary N) is 1. The zero-order valence-electron chi connectivity index (χ0n) is 19.5. The molecule has 0 fully saturated rings. The van der Waals surface area contributed by atoms with Crippen molar-refractivity contribution in [1.29, 1.82) is 0 Å². The number of phenolic OH excluding ortho intramolecular Hbond substituents is 1. The van der Waals surface area contributed by atoms with Crippen molar-refractivity contribution in [2.75, 3.05) is 5.32 Å². The third kappa shape index (κ3) is 3.75. The van der Waals surface area contributed by atoms with E-state index in [1.165, 1.54) is 0 Å². The highest BCUT2D eigenvalue weighted by molar-refractivity contribution is 5.92. The fraction of sp³-hybridized carbons (Fsp3) is 0.241. The highest BCUT2D eigenvalue weighted by Gasteiger charge is 2.43. The molecule has 4 aromatic rings. The maximum absolute atomic E-state index is 13.8. The van der Waals surface area contributed by atoms with Crippen LogP contribution >= 0.6 is 0 Å². The summed E-state index contributed by atoms with van der Waals surface area (Å²) < 4.78 is 1.79. The maximum Gasteiger partial charge on any atom is 0.359 e. The SMILES string of the molecule is CC1CC(=O)Cc2ccc3c(nc(Cc4ccccc4)c4[n+]3C(=O)C(Cc3ccc(O)cc3)N4)c21. The van der Waals surface area contributed by atoms with E-state index in [1.807, 2.05) is 42.5 Å². The Bertz CT molecular complexity index is 1480. The van der Waals surface area contributed by atoms with E-state index in [9.17, 15) is 14.7 Å². The Morgan fingerprint density at radius 1 is 1.00 bits per heavy atom. The number of carbonyl (C=O) groups is 2. The summed E-state index contributed by atoms with van der Waals surface area (Å²) in [5.41, 5.74) is 6.60. The number of hydrogen-bond donors (Lipinski definition) is 2. The highest BCUT2D eigenvalue weighted by Crippen LogP contribution is 2.35. The molecule has 0 saturated carbocycles. The zero-order valence-corrected chi connectivity index (χ0v) is 19.5. The van der Waals surface area contributed by atoms with Gasteiger partial charge in [-0.1, -0.05) is 55.5 Å². The molecule has 3 aromatic carbocycles. The molecule has 2 N–H and O–H groups in total. The number of nitrogens with zero attached hydrogens (tertiary/aromatic N) is 2. The second kappa shape index (κ2) is 8.31. The monoisotopic (exact) mass is 464 g/mol. The van der Waals surface area contributed by atoms with Crippen molar-refractivity contribution in [3.8, 4) is 5.75 Å². The molecule has 6 rings (SSSR count). The van der Waals surface area contributed by atoms with Crippen LogP contribution in [-0.2, 0) is 24.1 Å². The Morgan fingerprint density at radius 2 is 1.77 bits per heavy atom. The number of carbonyl (C=O) groups excluding carboxylic acids is 2. The third-order valence-corrected chi connectivity index (χ3v) is 7.10. The average Bonchev–Trinajstić information content (AvgIpc) is 3.17. The summed E-state index contributed by atoms with van der Waals surface area (Å²) in [6.45, 7) is 2.07. The Labute approximate surface area is 203 Å². The molecule has 6 heteroatoms. The predicted octanol–water partition coefficient (Wildman–Crippen LogP) is 4.11. The Kier molecular flexibility index (Phi) is 5.10. The summed E-state index contributed by atoms with van der Waals surface area (Å²) in [7, 11) is 0. The number of Topliss-reactive ketones (excluding diaryl/α,β-unsaturated/α-hetero) is 1. The van der Waals surface area contributed by atoms with E-state index in [-0.39, 0.29) is 23.4 Å². The fourth-order valence-corrected chi connectivity index (χ4v) is 5.48. The van der Waals surface area contributed by atoms with E-state index in [1.54, 1.807) is 16.7 Å². The van der Waals surface area contributed by atoms with Crippen LogP contribution in [-0.4, -0.2) is 27.8 Å². The van der Waals surface area contributed by atoms with Crippen LogP contribution < -0.4 is 9.88 Å². The van der Waals surface area contributed by atoms with Gasteiger partial charge in [0.05, 0.1) is 0 Å². The number of aromatic hydroxyl groups is 1. The van der Waals surface area contributed by atoms with Crippen molar-refractivity contribution in [1.82, 2.24) is 4.98 Å². The summed E-state index contributed by atoms with van der Waals surface area (Å²) in [6.07, 6.45) is 2.01. The topological polar surface area (TPSA) is 83.2 Å². The Hall–Kier alpha value is -4.06. The van der Waals surface area contributed by atoms with Gasteiger partial charge < -0.3 is 5.11 Å². The van der Waals surface area contributed by atoms with Crippen molar-refractivity contribution in [2.45, 2.75) is 44.6 Å². The standard InChI is InChI=1S/C29H25N3O3/c1-17-13-22(34)16-20-9-12-25-27(26(17)20)30-23(14-18-5-3-2-4-6-18)28-31-24(29(35)32(25)28)15-19-7-10-21(33)11-8-19/h2-12,17,24,33H,13-16H2,1H3/p+1. The molecular weight excluding hydrogens is 438 g/mol. The van der Waals surface area contributed by atoms with Gasteiger partial charge in [-0.15, -0.1) is 0 Å². The summed E-state index contributed by atoms with van der Waals surface area (Å²) in [5.74, 6) is 1.22. The lowest BCUT2D eigenvalue weighted by Crippen LogP contribution is -2.45. The van der Waals surface area contributed by atoms with Gasteiger partial charge in [-0.2, -0.15) is 4.57 Å². The Morgan fingerprint density at radius 3 is 2.54 bits per heavy atom. The Balaban J connectivity index is 1.50. The molecule has 2 atom stereocenters. The molecule has 1 aliphatic heterocycles. The lowest BCUT2D eigenvalue weighted by molar-refractivity contribution is -0.524. The smallest absolute Gasteiger partial charge is 0.359 e. The van der Waals surface area contributed by atoms with Gasteiger partial charge in [0.15, 0.2) is 11.6 Å². The molecule has 1 aliphatic carbocycles. The van der Waals surface area contributed by atoms with E-state index >= 15 is 0 Å². The number of aromatic nitrogens is 2. The first-order chi connectivity index (χ1) is 17.0. The number of ketones is 1. The summed E-state index contributed by atoms with van der Waals surface area (Å²) in [5, 5.41) is 13.1. The van der Waals surface area contributed by atoms with E-state index in [0.717, 1.165) is 44.8 Å². The maximum atomic E-state index is 13.8. The first-order valence-corrected chi connectivity index (χ1v) is 12.0. The molecule has 2 heterocycles. The molecule has 174 valence electrons. The lowest BCUT2D eigenvalue weighted by Gasteiger charge is -2.22. The molecule has 2 aliphatic rings. The van der Waals surface area contributed by atoms with Crippen molar-refractivity contribution in [2.24, 2.45) is 0 Å². The van der Waals surface area contributed by atoms with Gasteiger partial charge in [0.25, 0.3) is 0 Å². The van der Waals surface area contributed by atoms with Crippen molar-refractivity contribution in [3.05, 3.63) is 94.7 Å². The van der Waals surface area contributed by atoms with Gasteiger partial charge in [-0.05, 0) is 46.4 Å². The number of fused-ring (bicyclic) bond motifs is 5.